The summed E-state index contributed by atoms with van der Waals surface area (Å²) in [6, 6.07) is 6.70. The van der Waals surface area contributed by atoms with Crippen molar-refractivity contribution in [1.29, 1.82) is 0 Å². The number of hydrogen-bond donors (Lipinski definition) is 2. The fraction of sp³-hybridized carbons (Fsp3) is 0.0833. The third-order valence-corrected chi connectivity index (χ3v) is 2.27. The van der Waals surface area contributed by atoms with E-state index in [1.54, 1.807) is 24.3 Å². The van der Waals surface area contributed by atoms with Gasteiger partial charge in [-0.05, 0) is 17.7 Å². The second-order valence-electron chi connectivity index (χ2n) is 3.63. The van der Waals surface area contributed by atoms with Gasteiger partial charge >= 0.3 is 0 Å². The maximum Gasteiger partial charge on any atom is 0.258 e. The molecule has 0 saturated carbocycles. The van der Waals surface area contributed by atoms with Crippen molar-refractivity contribution < 1.29 is 14.4 Å². The number of carbonyl (C=O) groups is 3. The molecule has 1 heterocycles. The molecular weight excluding hydrogens is 220 g/mol. The van der Waals surface area contributed by atoms with E-state index < -0.39 is 11.8 Å². The van der Waals surface area contributed by atoms with Gasteiger partial charge in [-0.3, -0.25) is 19.7 Å². The van der Waals surface area contributed by atoms with Crippen LogP contribution in [-0.2, 0) is 14.4 Å². The molecule has 2 rings (SSSR count). The smallest absolute Gasteiger partial charge is 0.258 e. The summed E-state index contributed by atoms with van der Waals surface area (Å²) < 4.78 is 0. The van der Waals surface area contributed by atoms with Crippen LogP contribution in [0.25, 0.3) is 5.57 Å². The predicted octanol–water partition coefficient (Wildman–Crippen LogP) is 0.685. The summed E-state index contributed by atoms with van der Waals surface area (Å²) in [5, 5.41) is 4.79. The van der Waals surface area contributed by atoms with Gasteiger partial charge in [0.15, 0.2) is 0 Å². The Morgan fingerprint density at radius 1 is 1.18 bits per heavy atom. The summed E-state index contributed by atoms with van der Waals surface area (Å²) in [7, 11) is 0. The zero-order chi connectivity index (χ0) is 12.4. The fourth-order valence-corrected chi connectivity index (χ4v) is 1.56. The number of imide groups is 1. The van der Waals surface area contributed by atoms with E-state index >= 15 is 0 Å². The van der Waals surface area contributed by atoms with Gasteiger partial charge in [-0.25, -0.2) is 0 Å². The minimum absolute atomic E-state index is 0.161. The van der Waals surface area contributed by atoms with Crippen LogP contribution in [0.1, 0.15) is 12.5 Å². The SMILES string of the molecule is CC(=O)Nc1ccc(C2=CC(=O)NC2=O)cc1. The summed E-state index contributed by atoms with van der Waals surface area (Å²) in [5.74, 6) is -0.969. The molecule has 0 bridgehead atoms. The molecule has 0 radical (unpaired) electrons. The van der Waals surface area contributed by atoms with Crippen molar-refractivity contribution in [3.05, 3.63) is 35.9 Å². The number of rotatable bonds is 2. The van der Waals surface area contributed by atoms with E-state index in [1.165, 1.54) is 13.0 Å². The van der Waals surface area contributed by atoms with Gasteiger partial charge in [0.05, 0.1) is 5.57 Å². The van der Waals surface area contributed by atoms with E-state index in [4.69, 9.17) is 0 Å². The van der Waals surface area contributed by atoms with Crippen molar-refractivity contribution in [2.75, 3.05) is 5.32 Å². The highest BCUT2D eigenvalue weighted by molar-refractivity contribution is 6.33. The molecule has 2 N–H and O–H groups in total. The molecule has 5 heteroatoms. The topological polar surface area (TPSA) is 75.3 Å². The minimum atomic E-state index is -0.407. The summed E-state index contributed by atoms with van der Waals surface area (Å²) in [5.41, 5.74) is 1.62. The third-order valence-electron chi connectivity index (χ3n) is 2.27. The van der Waals surface area contributed by atoms with E-state index in [0.717, 1.165) is 0 Å². The van der Waals surface area contributed by atoms with Crippen LogP contribution in [0, 0.1) is 0 Å². The first-order valence-electron chi connectivity index (χ1n) is 5.01. The summed E-state index contributed by atoms with van der Waals surface area (Å²) in [6.07, 6.45) is 1.26. The molecule has 0 aromatic heterocycles. The molecule has 0 saturated heterocycles. The first kappa shape index (κ1) is 11.1. The van der Waals surface area contributed by atoms with Gasteiger partial charge in [-0.1, -0.05) is 12.1 Å². The zero-order valence-corrected chi connectivity index (χ0v) is 9.11. The molecule has 5 nitrogen and oxygen atoms in total. The molecule has 1 aromatic carbocycles. The number of amides is 3. The average Bonchev–Trinajstić information content (AvgIpc) is 2.58. The standard InChI is InChI=1S/C12H10N2O3/c1-7(15)13-9-4-2-8(3-5-9)10-6-11(16)14-12(10)17/h2-6H,1H3,(H,13,15)(H,14,16,17). The fourth-order valence-electron chi connectivity index (χ4n) is 1.56. The van der Waals surface area contributed by atoms with Crippen molar-refractivity contribution in [3.8, 4) is 0 Å². The number of benzene rings is 1. The lowest BCUT2D eigenvalue weighted by Crippen LogP contribution is -2.21. The second kappa shape index (κ2) is 4.21. The number of hydrogen-bond acceptors (Lipinski definition) is 3. The van der Waals surface area contributed by atoms with Crippen molar-refractivity contribution in [2.24, 2.45) is 0 Å². The van der Waals surface area contributed by atoms with Crippen molar-refractivity contribution in [2.45, 2.75) is 6.92 Å². The highest BCUT2D eigenvalue weighted by atomic mass is 16.2. The van der Waals surface area contributed by atoms with Crippen LogP contribution in [0.5, 0.6) is 0 Å². The highest BCUT2D eigenvalue weighted by Gasteiger charge is 2.21. The lowest BCUT2D eigenvalue weighted by molar-refractivity contribution is -0.123. The van der Waals surface area contributed by atoms with Gasteiger partial charge in [0, 0.05) is 18.7 Å². The predicted molar refractivity (Wildman–Crippen MR) is 61.9 cm³/mol. The largest absolute Gasteiger partial charge is 0.326 e. The number of carbonyl (C=O) groups excluding carboxylic acids is 3. The first-order valence-corrected chi connectivity index (χ1v) is 5.01. The van der Waals surface area contributed by atoms with Crippen molar-refractivity contribution in [3.63, 3.8) is 0 Å². The van der Waals surface area contributed by atoms with Crippen LogP contribution in [0.15, 0.2) is 30.3 Å². The first-order chi connectivity index (χ1) is 8.06. The van der Waals surface area contributed by atoms with E-state index in [1.807, 2.05) is 0 Å². The number of nitrogens with one attached hydrogen (secondary N) is 2. The zero-order valence-electron chi connectivity index (χ0n) is 9.11. The molecule has 17 heavy (non-hydrogen) atoms. The normalized spacial score (nSPS) is 14.3. The van der Waals surface area contributed by atoms with Crippen LogP contribution >= 0.6 is 0 Å². The van der Waals surface area contributed by atoms with Gasteiger partial charge in [-0.15, -0.1) is 0 Å². The van der Waals surface area contributed by atoms with Crippen LogP contribution in [0.2, 0.25) is 0 Å². The molecule has 1 aliphatic heterocycles. The Kier molecular flexibility index (Phi) is 2.74. The maximum atomic E-state index is 11.4. The lowest BCUT2D eigenvalue weighted by Gasteiger charge is -2.04. The van der Waals surface area contributed by atoms with Gasteiger partial charge in [-0.2, -0.15) is 0 Å². The monoisotopic (exact) mass is 230 g/mol. The Hall–Kier alpha value is -2.43. The molecule has 0 aliphatic carbocycles. The molecule has 0 unspecified atom stereocenters. The Morgan fingerprint density at radius 3 is 2.29 bits per heavy atom. The number of anilines is 1. The quantitative estimate of drug-likeness (QED) is 0.734. The third kappa shape index (κ3) is 2.39. The van der Waals surface area contributed by atoms with Crippen LogP contribution in [0.4, 0.5) is 5.69 Å². The summed E-state index contributed by atoms with van der Waals surface area (Å²) in [6.45, 7) is 1.42. The average molecular weight is 230 g/mol. The molecule has 1 aromatic rings. The lowest BCUT2D eigenvalue weighted by atomic mass is 10.1. The van der Waals surface area contributed by atoms with Crippen molar-refractivity contribution in [1.82, 2.24) is 5.32 Å². The van der Waals surface area contributed by atoms with E-state index in [2.05, 4.69) is 10.6 Å². The van der Waals surface area contributed by atoms with E-state index in [-0.39, 0.29) is 5.91 Å². The van der Waals surface area contributed by atoms with Crippen LogP contribution in [0.3, 0.4) is 0 Å². The molecule has 1 aliphatic rings. The molecule has 0 fully saturated rings. The van der Waals surface area contributed by atoms with E-state index in [0.29, 0.717) is 16.8 Å². The molecule has 86 valence electrons. The Morgan fingerprint density at radius 2 is 1.82 bits per heavy atom. The van der Waals surface area contributed by atoms with E-state index in [9.17, 15) is 14.4 Å². The Bertz CT molecular complexity index is 529. The molecular formula is C12H10N2O3. The van der Waals surface area contributed by atoms with Crippen molar-refractivity contribution >= 4 is 29.0 Å². The molecule has 0 spiro atoms. The van der Waals surface area contributed by atoms with Gasteiger partial charge in [0.25, 0.3) is 11.8 Å². The molecule has 3 amide bonds. The van der Waals surface area contributed by atoms with Gasteiger partial charge in [0.1, 0.15) is 0 Å². The summed E-state index contributed by atoms with van der Waals surface area (Å²) in [4.78, 5) is 33.2. The minimum Gasteiger partial charge on any atom is -0.326 e. The summed E-state index contributed by atoms with van der Waals surface area (Å²) >= 11 is 0. The Balaban J connectivity index is 2.24. The molecule has 0 atom stereocenters. The van der Waals surface area contributed by atoms with Crippen LogP contribution in [-0.4, -0.2) is 17.7 Å². The van der Waals surface area contributed by atoms with Gasteiger partial charge < -0.3 is 5.32 Å². The van der Waals surface area contributed by atoms with Gasteiger partial charge in [0.2, 0.25) is 5.91 Å². The maximum absolute atomic E-state index is 11.4. The Labute approximate surface area is 97.5 Å². The highest BCUT2D eigenvalue weighted by Crippen LogP contribution is 2.20. The second-order valence-corrected chi connectivity index (χ2v) is 3.63. The van der Waals surface area contributed by atoms with Crippen LogP contribution < -0.4 is 10.6 Å².